The molecule has 0 aliphatic carbocycles. The smallest absolute Gasteiger partial charge is 0.439 e. The summed E-state index contributed by atoms with van der Waals surface area (Å²) in [6.07, 6.45) is 5.13. The van der Waals surface area contributed by atoms with Crippen LogP contribution in [0.25, 0.3) is 17.1 Å². The normalized spacial score (nSPS) is 10.2. The van der Waals surface area contributed by atoms with Gasteiger partial charge in [-0.3, -0.25) is 9.51 Å². The van der Waals surface area contributed by atoms with E-state index in [1.54, 1.807) is 24.3 Å². The molecule has 9 heteroatoms. The van der Waals surface area contributed by atoms with Gasteiger partial charge < -0.3 is 4.74 Å². The molecule has 0 saturated carbocycles. The molecule has 1 N–H and O–H groups in total. The number of terminal acetylenes is 1. The Kier molecular flexibility index (Phi) is 3.18. The van der Waals surface area contributed by atoms with Gasteiger partial charge in [-0.1, -0.05) is 28.3 Å². The predicted octanol–water partition coefficient (Wildman–Crippen LogP) is 0.0176. The standard InChI is InChI=1S/C12H8N6O3/c1-2-6-20-11-14-16-17-18(11)9-5-3-4-8(7-9)10-13-12(19)21-15-10/h1,3-5,7H,6H2,(H,13,15,19). The second kappa shape index (κ2) is 5.30. The lowest BCUT2D eigenvalue weighted by atomic mass is 10.2. The van der Waals surface area contributed by atoms with E-state index in [2.05, 4.69) is 36.1 Å². The number of nitrogens with one attached hydrogen (secondary N) is 1. The highest BCUT2D eigenvalue weighted by Gasteiger charge is 2.11. The molecular weight excluding hydrogens is 276 g/mol. The van der Waals surface area contributed by atoms with Gasteiger partial charge in [0.05, 0.1) is 5.69 Å². The lowest BCUT2D eigenvalue weighted by Gasteiger charge is -2.05. The first-order valence-corrected chi connectivity index (χ1v) is 5.79. The Morgan fingerprint density at radius 3 is 3.14 bits per heavy atom. The van der Waals surface area contributed by atoms with Crippen LogP contribution < -0.4 is 10.5 Å². The number of hydrogen-bond acceptors (Lipinski definition) is 7. The molecule has 2 aromatic heterocycles. The number of aromatic amines is 1. The zero-order valence-corrected chi connectivity index (χ0v) is 10.6. The van der Waals surface area contributed by atoms with Gasteiger partial charge in [0, 0.05) is 5.56 Å². The number of aromatic nitrogens is 6. The maximum absolute atomic E-state index is 11.0. The lowest BCUT2D eigenvalue weighted by molar-refractivity contribution is 0.330. The van der Waals surface area contributed by atoms with Gasteiger partial charge in [-0.25, -0.2) is 4.79 Å². The summed E-state index contributed by atoms with van der Waals surface area (Å²) in [4.78, 5) is 13.5. The zero-order chi connectivity index (χ0) is 14.7. The first kappa shape index (κ1) is 12.6. The van der Waals surface area contributed by atoms with Crippen LogP contribution in [0, 0.1) is 12.3 Å². The predicted molar refractivity (Wildman–Crippen MR) is 69.6 cm³/mol. The van der Waals surface area contributed by atoms with E-state index in [0.717, 1.165) is 0 Å². The van der Waals surface area contributed by atoms with Crippen molar-refractivity contribution in [2.45, 2.75) is 0 Å². The van der Waals surface area contributed by atoms with Gasteiger partial charge in [-0.05, 0) is 22.6 Å². The third kappa shape index (κ3) is 2.50. The third-order valence-electron chi connectivity index (χ3n) is 2.53. The summed E-state index contributed by atoms with van der Waals surface area (Å²) in [5.41, 5.74) is 1.25. The van der Waals surface area contributed by atoms with Crippen LogP contribution in [0.1, 0.15) is 0 Å². The maximum Gasteiger partial charge on any atom is 0.439 e. The topological polar surface area (TPSA) is 112 Å². The van der Waals surface area contributed by atoms with Crippen molar-refractivity contribution in [1.29, 1.82) is 0 Å². The Morgan fingerprint density at radius 2 is 2.38 bits per heavy atom. The molecule has 3 rings (SSSR count). The van der Waals surface area contributed by atoms with Crippen molar-refractivity contribution in [3.05, 3.63) is 34.8 Å². The Morgan fingerprint density at radius 1 is 1.48 bits per heavy atom. The number of rotatable bonds is 4. The van der Waals surface area contributed by atoms with Gasteiger partial charge in [0.15, 0.2) is 12.4 Å². The Balaban J connectivity index is 1.99. The van der Waals surface area contributed by atoms with Gasteiger partial charge in [-0.2, -0.15) is 4.68 Å². The molecule has 0 unspecified atom stereocenters. The Hall–Kier alpha value is -3.41. The third-order valence-corrected chi connectivity index (χ3v) is 2.53. The van der Waals surface area contributed by atoms with E-state index in [0.29, 0.717) is 17.1 Å². The first-order chi connectivity index (χ1) is 10.3. The van der Waals surface area contributed by atoms with E-state index < -0.39 is 5.76 Å². The minimum Gasteiger partial charge on any atom is -0.449 e. The molecule has 0 bridgehead atoms. The van der Waals surface area contributed by atoms with E-state index in [1.807, 2.05) is 0 Å². The van der Waals surface area contributed by atoms with Crippen molar-refractivity contribution in [2.75, 3.05) is 6.61 Å². The summed E-state index contributed by atoms with van der Waals surface area (Å²) in [6.45, 7) is 0.0523. The highest BCUT2D eigenvalue weighted by Crippen LogP contribution is 2.19. The van der Waals surface area contributed by atoms with Gasteiger partial charge in [0.1, 0.15) is 0 Å². The van der Waals surface area contributed by atoms with Crippen LogP contribution in [0.5, 0.6) is 6.01 Å². The molecule has 0 fully saturated rings. The quantitative estimate of drug-likeness (QED) is 0.672. The Labute approximate surface area is 117 Å². The van der Waals surface area contributed by atoms with E-state index in [4.69, 9.17) is 11.2 Å². The number of tetrazole rings is 1. The second-order valence-corrected chi connectivity index (χ2v) is 3.86. The minimum atomic E-state index is -0.629. The van der Waals surface area contributed by atoms with Crippen molar-refractivity contribution >= 4 is 0 Å². The molecule has 0 spiro atoms. The van der Waals surface area contributed by atoms with Crippen molar-refractivity contribution in [3.63, 3.8) is 0 Å². The zero-order valence-electron chi connectivity index (χ0n) is 10.6. The van der Waals surface area contributed by atoms with Crippen LogP contribution in [0.4, 0.5) is 0 Å². The van der Waals surface area contributed by atoms with Crippen molar-refractivity contribution in [1.82, 2.24) is 30.3 Å². The highest BCUT2D eigenvalue weighted by molar-refractivity contribution is 5.58. The molecule has 9 nitrogen and oxygen atoms in total. The number of ether oxygens (including phenoxy) is 1. The number of benzene rings is 1. The molecule has 0 atom stereocenters. The van der Waals surface area contributed by atoms with Crippen LogP contribution in [-0.2, 0) is 0 Å². The van der Waals surface area contributed by atoms with Crippen molar-refractivity contribution < 1.29 is 9.26 Å². The molecule has 0 saturated heterocycles. The summed E-state index contributed by atoms with van der Waals surface area (Å²) in [5.74, 6) is 2.01. The number of nitrogens with zero attached hydrogens (tertiary/aromatic N) is 5. The summed E-state index contributed by atoms with van der Waals surface area (Å²) >= 11 is 0. The van der Waals surface area contributed by atoms with E-state index in [9.17, 15) is 4.79 Å². The fourth-order valence-electron chi connectivity index (χ4n) is 1.68. The first-order valence-electron chi connectivity index (χ1n) is 5.79. The summed E-state index contributed by atoms with van der Waals surface area (Å²) < 4.78 is 11.1. The molecule has 0 aliphatic heterocycles. The monoisotopic (exact) mass is 284 g/mol. The molecule has 21 heavy (non-hydrogen) atoms. The lowest BCUT2D eigenvalue weighted by Crippen LogP contribution is -2.04. The largest absolute Gasteiger partial charge is 0.449 e. The van der Waals surface area contributed by atoms with Crippen molar-refractivity contribution in [2.24, 2.45) is 0 Å². The van der Waals surface area contributed by atoms with Crippen LogP contribution in [0.2, 0.25) is 0 Å². The van der Waals surface area contributed by atoms with Gasteiger partial charge >= 0.3 is 11.8 Å². The minimum absolute atomic E-state index is 0.0523. The van der Waals surface area contributed by atoms with Crippen LogP contribution in [-0.4, -0.2) is 37.0 Å². The molecule has 2 heterocycles. The van der Waals surface area contributed by atoms with Crippen LogP contribution in [0.3, 0.4) is 0 Å². The Bertz CT molecular complexity index is 856. The van der Waals surface area contributed by atoms with Gasteiger partial charge in [-0.15, -0.1) is 6.42 Å². The molecule has 104 valence electrons. The van der Waals surface area contributed by atoms with Crippen LogP contribution >= 0.6 is 0 Å². The van der Waals surface area contributed by atoms with E-state index in [1.165, 1.54) is 4.68 Å². The summed E-state index contributed by atoms with van der Waals surface area (Å²) in [7, 11) is 0. The molecule has 3 aromatic rings. The highest BCUT2D eigenvalue weighted by atomic mass is 16.5. The van der Waals surface area contributed by atoms with Gasteiger partial charge in [0.2, 0.25) is 0 Å². The molecule has 0 amide bonds. The molecular formula is C12H8N6O3. The summed E-state index contributed by atoms with van der Waals surface area (Å²) in [6, 6.07) is 7.15. The number of hydrogen-bond donors (Lipinski definition) is 1. The fourth-order valence-corrected chi connectivity index (χ4v) is 1.68. The average molecular weight is 284 g/mol. The second-order valence-electron chi connectivity index (χ2n) is 3.86. The summed E-state index contributed by atoms with van der Waals surface area (Å²) in [5, 5.41) is 14.7. The average Bonchev–Trinajstić information content (AvgIpc) is 3.14. The fraction of sp³-hybridized carbons (Fsp3) is 0.0833. The van der Waals surface area contributed by atoms with E-state index >= 15 is 0 Å². The van der Waals surface area contributed by atoms with Crippen LogP contribution in [0.15, 0.2) is 33.6 Å². The maximum atomic E-state index is 11.0. The van der Waals surface area contributed by atoms with Gasteiger partial charge in [0.25, 0.3) is 0 Å². The van der Waals surface area contributed by atoms with E-state index in [-0.39, 0.29) is 12.6 Å². The number of H-pyrrole nitrogens is 1. The molecule has 1 aromatic carbocycles. The van der Waals surface area contributed by atoms with Crippen molar-refractivity contribution in [3.8, 4) is 35.4 Å². The molecule has 0 aliphatic rings. The molecule has 0 radical (unpaired) electrons. The SMILES string of the molecule is C#CCOc1nnnn1-c1cccc(-c2noc(=O)[nH]2)c1.